The van der Waals surface area contributed by atoms with E-state index in [0.717, 1.165) is 19.3 Å². The zero-order valence-electron chi connectivity index (χ0n) is 8.07. The summed E-state index contributed by atoms with van der Waals surface area (Å²) in [5, 5.41) is 8.65. The molecule has 0 aliphatic heterocycles. The summed E-state index contributed by atoms with van der Waals surface area (Å²) in [6.07, 6.45) is 5.44. The SMILES string of the molecule is C=CC(S)C(CCCCC)C(=O)O. The summed E-state index contributed by atoms with van der Waals surface area (Å²) in [6, 6.07) is 0. The van der Waals surface area contributed by atoms with Gasteiger partial charge < -0.3 is 5.11 Å². The van der Waals surface area contributed by atoms with Crippen molar-refractivity contribution in [2.24, 2.45) is 5.92 Å². The van der Waals surface area contributed by atoms with Crippen molar-refractivity contribution in [2.45, 2.75) is 37.9 Å². The minimum atomic E-state index is -0.768. The van der Waals surface area contributed by atoms with E-state index in [0.29, 0.717) is 6.42 Å². The molecule has 13 heavy (non-hydrogen) atoms. The predicted molar refractivity (Wildman–Crippen MR) is 58.2 cm³/mol. The maximum Gasteiger partial charge on any atom is 0.307 e. The van der Waals surface area contributed by atoms with Crippen molar-refractivity contribution >= 4 is 18.6 Å². The van der Waals surface area contributed by atoms with Gasteiger partial charge in [0, 0.05) is 5.25 Å². The van der Waals surface area contributed by atoms with Gasteiger partial charge in [0.1, 0.15) is 0 Å². The first-order valence-electron chi connectivity index (χ1n) is 4.66. The third-order valence-corrected chi connectivity index (χ3v) is 2.66. The number of aliphatic carboxylic acids is 1. The molecule has 2 unspecified atom stereocenters. The summed E-state index contributed by atoms with van der Waals surface area (Å²) in [6.45, 7) is 5.65. The molecule has 3 heteroatoms. The first-order chi connectivity index (χ1) is 6.13. The Labute approximate surface area is 85.4 Å². The lowest BCUT2D eigenvalue weighted by atomic mass is 9.97. The number of carboxylic acid groups (broad SMARTS) is 1. The minimum Gasteiger partial charge on any atom is -0.481 e. The van der Waals surface area contributed by atoms with Gasteiger partial charge in [-0.05, 0) is 6.42 Å². The van der Waals surface area contributed by atoms with Crippen LogP contribution in [0.5, 0.6) is 0 Å². The van der Waals surface area contributed by atoms with Gasteiger partial charge in [-0.1, -0.05) is 32.3 Å². The maximum absolute atomic E-state index is 10.8. The molecule has 0 aromatic carbocycles. The molecule has 0 heterocycles. The molecule has 0 amide bonds. The molecule has 0 fully saturated rings. The van der Waals surface area contributed by atoms with Crippen molar-refractivity contribution < 1.29 is 9.90 Å². The Hall–Kier alpha value is -0.440. The highest BCUT2D eigenvalue weighted by Gasteiger charge is 2.22. The van der Waals surface area contributed by atoms with Crippen LogP contribution in [0.15, 0.2) is 12.7 Å². The summed E-state index contributed by atoms with van der Waals surface area (Å²) in [5.41, 5.74) is 0. The number of carboxylic acids is 1. The molecular formula is C10H18O2S. The molecule has 0 radical (unpaired) electrons. The average Bonchev–Trinajstić information content (AvgIpc) is 2.11. The van der Waals surface area contributed by atoms with Crippen LogP contribution >= 0.6 is 12.6 Å². The largest absolute Gasteiger partial charge is 0.481 e. The lowest BCUT2D eigenvalue weighted by Crippen LogP contribution is -2.22. The van der Waals surface area contributed by atoms with Gasteiger partial charge >= 0.3 is 5.97 Å². The van der Waals surface area contributed by atoms with Crippen molar-refractivity contribution in [1.29, 1.82) is 0 Å². The molecule has 2 nitrogen and oxygen atoms in total. The highest BCUT2D eigenvalue weighted by Crippen LogP contribution is 2.19. The van der Waals surface area contributed by atoms with E-state index in [1.807, 2.05) is 0 Å². The van der Waals surface area contributed by atoms with Gasteiger partial charge in [-0.15, -0.1) is 6.58 Å². The van der Waals surface area contributed by atoms with Crippen molar-refractivity contribution in [1.82, 2.24) is 0 Å². The monoisotopic (exact) mass is 202 g/mol. The quantitative estimate of drug-likeness (QED) is 0.378. The fourth-order valence-corrected chi connectivity index (χ4v) is 1.50. The molecule has 0 aliphatic carbocycles. The number of unbranched alkanes of at least 4 members (excludes halogenated alkanes) is 2. The van der Waals surface area contributed by atoms with Crippen molar-refractivity contribution in [2.75, 3.05) is 0 Å². The highest BCUT2D eigenvalue weighted by atomic mass is 32.1. The lowest BCUT2D eigenvalue weighted by molar-refractivity contribution is -0.141. The van der Waals surface area contributed by atoms with E-state index >= 15 is 0 Å². The minimum absolute atomic E-state index is 0.227. The highest BCUT2D eigenvalue weighted by molar-refractivity contribution is 7.81. The molecule has 0 rings (SSSR count). The molecule has 76 valence electrons. The number of rotatable bonds is 7. The smallest absolute Gasteiger partial charge is 0.307 e. The zero-order valence-corrected chi connectivity index (χ0v) is 8.96. The van der Waals surface area contributed by atoms with Crippen LogP contribution in [-0.2, 0) is 4.79 Å². The zero-order chi connectivity index (χ0) is 10.3. The van der Waals surface area contributed by atoms with Gasteiger partial charge in [-0.25, -0.2) is 0 Å². The van der Waals surface area contributed by atoms with Crippen LogP contribution in [-0.4, -0.2) is 16.3 Å². The van der Waals surface area contributed by atoms with E-state index in [1.54, 1.807) is 6.08 Å². The second kappa shape index (κ2) is 7.01. The van der Waals surface area contributed by atoms with Gasteiger partial charge in [-0.3, -0.25) is 4.79 Å². The Kier molecular flexibility index (Phi) is 6.77. The van der Waals surface area contributed by atoms with E-state index in [1.165, 1.54) is 0 Å². The molecule has 1 N–H and O–H groups in total. The third-order valence-electron chi connectivity index (χ3n) is 2.09. The molecule has 0 saturated heterocycles. The molecule has 0 spiro atoms. The molecule has 0 aromatic rings. The Balaban J connectivity index is 3.95. The van der Waals surface area contributed by atoms with E-state index < -0.39 is 5.97 Å². The third kappa shape index (κ3) is 4.98. The first kappa shape index (κ1) is 12.6. The van der Waals surface area contributed by atoms with E-state index in [2.05, 4.69) is 26.1 Å². The van der Waals surface area contributed by atoms with Crippen molar-refractivity contribution in [3.8, 4) is 0 Å². The summed E-state index contributed by atoms with van der Waals surface area (Å²) in [5.74, 6) is -1.15. The summed E-state index contributed by atoms with van der Waals surface area (Å²) in [4.78, 5) is 10.8. The Bertz CT molecular complexity index is 168. The maximum atomic E-state index is 10.8. The molecule has 2 atom stereocenters. The molecule has 0 aliphatic rings. The number of carbonyl (C=O) groups is 1. The lowest BCUT2D eigenvalue weighted by Gasteiger charge is -2.15. The van der Waals surface area contributed by atoms with Gasteiger partial charge in [0.2, 0.25) is 0 Å². The fraction of sp³-hybridized carbons (Fsp3) is 0.700. The van der Waals surface area contributed by atoms with E-state index in [-0.39, 0.29) is 11.2 Å². The van der Waals surface area contributed by atoms with Crippen LogP contribution in [0.25, 0.3) is 0 Å². The van der Waals surface area contributed by atoms with Crippen LogP contribution in [0, 0.1) is 5.92 Å². The van der Waals surface area contributed by atoms with Crippen LogP contribution in [0.1, 0.15) is 32.6 Å². The van der Waals surface area contributed by atoms with Gasteiger partial charge in [0.05, 0.1) is 5.92 Å². The number of hydrogen-bond donors (Lipinski definition) is 2. The standard InChI is InChI=1S/C10H18O2S/c1-3-5-6-7-8(10(11)12)9(13)4-2/h4,8-9,13H,2-3,5-7H2,1H3,(H,11,12). The Morgan fingerprint density at radius 2 is 2.23 bits per heavy atom. The first-order valence-corrected chi connectivity index (χ1v) is 5.18. The molecular weight excluding hydrogens is 184 g/mol. The molecule has 0 aromatic heterocycles. The van der Waals surface area contributed by atoms with Crippen LogP contribution in [0.4, 0.5) is 0 Å². The Morgan fingerprint density at radius 1 is 1.62 bits per heavy atom. The van der Waals surface area contributed by atoms with Gasteiger partial charge in [-0.2, -0.15) is 12.6 Å². The van der Waals surface area contributed by atoms with Crippen LogP contribution < -0.4 is 0 Å². The summed E-state index contributed by atoms with van der Waals surface area (Å²) in [7, 11) is 0. The molecule has 0 bridgehead atoms. The number of hydrogen-bond acceptors (Lipinski definition) is 2. The van der Waals surface area contributed by atoms with Crippen molar-refractivity contribution in [3.05, 3.63) is 12.7 Å². The summed E-state index contributed by atoms with van der Waals surface area (Å²) < 4.78 is 0. The number of thiol groups is 1. The molecule has 0 saturated carbocycles. The van der Waals surface area contributed by atoms with Crippen LogP contribution in [0.2, 0.25) is 0 Å². The van der Waals surface area contributed by atoms with Crippen molar-refractivity contribution in [3.63, 3.8) is 0 Å². The second-order valence-corrected chi connectivity index (χ2v) is 3.76. The van der Waals surface area contributed by atoms with Gasteiger partial charge in [0.15, 0.2) is 0 Å². The van der Waals surface area contributed by atoms with Crippen LogP contribution in [0.3, 0.4) is 0 Å². The summed E-state index contributed by atoms with van der Waals surface area (Å²) >= 11 is 4.17. The predicted octanol–water partition coefficient (Wildman–Crippen LogP) is 2.75. The van der Waals surface area contributed by atoms with Gasteiger partial charge in [0.25, 0.3) is 0 Å². The second-order valence-electron chi connectivity index (χ2n) is 3.17. The van der Waals surface area contributed by atoms with E-state index in [9.17, 15) is 4.79 Å². The topological polar surface area (TPSA) is 37.3 Å². The Morgan fingerprint density at radius 3 is 2.62 bits per heavy atom. The van der Waals surface area contributed by atoms with E-state index in [4.69, 9.17) is 5.11 Å². The fourth-order valence-electron chi connectivity index (χ4n) is 1.22. The normalized spacial score (nSPS) is 14.9. The average molecular weight is 202 g/mol.